The number of urea groups is 1. The largest absolute Gasteiger partial charge is 0.359 e. The van der Waals surface area contributed by atoms with Crippen LogP contribution in [0, 0.1) is 13.8 Å². The first-order valence-corrected chi connectivity index (χ1v) is 8.20. The summed E-state index contributed by atoms with van der Waals surface area (Å²) in [6.45, 7) is 7.27. The molecule has 0 saturated heterocycles. The van der Waals surface area contributed by atoms with E-state index in [1.165, 1.54) is 4.90 Å². The number of benzene rings is 1. The lowest BCUT2D eigenvalue weighted by atomic mass is 10.1. The minimum Gasteiger partial charge on any atom is -0.359 e. The van der Waals surface area contributed by atoms with Crippen molar-refractivity contribution < 1.29 is 14.1 Å². The summed E-state index contributed by atoms with van der Waals surface area (Å²) >= 11 is 0. The number of amides is 3. The average Bonchev–Trinajstić information content (AvgIpc) is 2.93. The van der Waals surface area contributed by atoms with Crippen LogP contribution in [0.4, 0.5) is 16.2 Å². The van der Waals surface area contributed by atoms with Gasteiger partial charge in [0, 0.05) is 19.2 Å². The van der Waals surface area contributed by atoms with Crippen LogP contribution in [0.5, 0.6) is 0 Å². The molecule has 25 heavy (non-hydrogen) atoms. The summed E-state index contributed by atoms with van der Waals surface area (Å²) in [6.07, 6.45) is 0.433. The molecule has 0 aliphatic carbocycles. The van der Waals surface area contributed by atoms with Gasteiger partial charge in [0.25, 0.3) is 0 Å². The third-order valence-electron chi connectivity index (χ3n) is 3.99. The second-order valence-electron chi connectivity index (χ2n) is 5.93. The SMILES string of the molecule is CCC(=O)Nc1ccc(C(C)NC(=O)N(C)c2c(C)noc2C)cc1. The maximum Gasteiger partial charge on any atom is 0.322 e. The quantitative estimate of drug-likeness (QED) is 0.868. The highest BCUT2D eigenvalue weighted by molar-refractivity contribution is 5.93. The van der Waals surface area contributed by atoms with Crippen LogP contribution < -0.4 is 15.5 Å². The normalized spacial score (nSPS) is 11.7. The van der Waals surface area contributed by atoms with Crippen molar-refractivity contribution in [1.29, 1.82) is 0 Å². The van der Waals surface area contributed by atoms with E-state index in [1.807, 2.05) is 31.2 Å². The van der Waals surface area contributed by atoms with Crippen molar-refractivity contribution in [1.82, 2.24) is 10.5 Å². The Morgan fingerprint density at radius 3 is 2.40 bits per heavy atom. The first-order valence-electron chi connectivity index (χ1n) is 8.20. The lowest BCUT2D eigenvalue weighted by Crippen LogP contribution is -2.39. The standard InChI is InChI=1S/C18H24N4O3/c1-6-16(23)20-15-9-7-14(8-10-15)11(2)19-18(24)22(5)17-12(3)21-25-13(17)4/h7-11H,6H2,1-5H3,(H,19,24)(H,20,23). The number of hydrogen-bond donors (Lipinski definition) is 2. The molecule has 2 rings (SSSR count). The van der Waals surface area contributed by atoms with E-state index in [0.29, 0.717) is 23.6 Å². The van der Waals surface area contributed by atoms with Crippen molar-refractivity contribution in [3.63, 3.8) is 0 Å². The third-order valence-corrected chi connectivity index (χ3v) is 3.99. The zero-order valence-corrected chi connectivity index (χ0v) is 15.2. The maximum atomic E-state index is 12.5. The molecule has 2 aromatic rings. The number of aryl methyl sites for hydroxylation is 2. The second-order valence-corrected chi connectivity index (χ2v) is 5.93. The zero-order valence-electron chi connectivity index (χ0n) is 15.2. The van der Waals surface area contributed by atoms with Gasteiger partial charge in [-0.1, -0.05) is 24.2 Å². The van der Waals surface area contributed by atoms with Gasteiger partial charge >= 0.3 is 6.03 Å². The number of anilines is 2. The first kappa shape index (κ1) is 18.5. The van der Waals surface area contributed by atoms with Crippen molar-refractivity contribution in [2.75, 3.05) is 17.3 Å². The molecule has 0 bridgehead atoms. The summed E-state index contributed by atoms with van der Waals surface area (Å²) < 4.78 is 5.10. The van der Waals surface area contributed by atoms with E-state index < -0.39 is 0 Å². The number of rotatable bonds is 5. The Kier molecular flexibility index (Phi) is 5.80. The van der Waals surface area contributed by atoms with Gasteiger partial charge in [0.15, 0.2) is 5.76 Å². The molecular formula is C18H24N4O3. The molecule has 0 radical (unpaired) electrons. The number of carbonyl (C=O) groups is 2. The fraction of sp³-hybridized carbons (Fsp3) is 0.389. The number of carbonyl (C=O) groups excluding carboxylic acids is 2. The van der Waals surface area contributed by atoms with Gasteiger partial charge in [-0.25, -0.2) is 4.79 Å². The average molecular weight is 344 g/mol. The molecule has 0 saturated carbocycles. The van der Waals surface area contributed by atoms with Crippen molar-refractivity contribution in [2.24, 2.45) is 0 Å². The molecule has 0 aliphatic rings. The molecule has 3 amide bonds. The van der Waals surface area contributed by atoms with E-state index >= 15 is 0 Å². The molecule has 0 aliphatic heterocycles. The van der Waals surface area contributed by atoms with Gasteiger partial charge in [-0.2, -0.15) is 0 Å². The molecule has 7 heteroatoms. The van der Waals surface area contributed by atoms with E-state index in [-0.39, 0.29) is 18.0 Å². The molecule has 134 valence electrons. The fourth-order valence-corrected chi connectivity index (χ4v) is 2.53. The Morgan fingerprint density at radius 2 is 1.88 bits per heavy atom. The van der Waals surface area contributed by atoms with Crippen LogP contribution in [0.15, 0.2) is 28.8 Å². The van der Waals surface area contributed by atoms with E-state index in [0.717, 1.165) is 11.3 Å². The van der Waals surface area contributed by atoms with E-state index in [4.69, 9.17) is 4.52 Å². The van der Waals surface area contributed by atoms with Crippen LogP contribution in [-0.4, -0.2) is 24.1 Å². The molecule has 2 N–H and O–H groups in total. The van der Waals surface area contributed by atoms with Crippen molar-refractivity contribution in [2.45, 2.75) is 40.2 Å². The highest BCUT2D eigenvalue weighted by Gasteiger charge is 2.21. The number of nitrogens with one attached hydrogen (secondary N) is 2. The van der Waals surface area contributed by atoms with Gasteiger partial charge in [0.1, 0.15) is 11.4 Å². The molecule has 1 atom stereocenters. The number of aromatic nitrogens is 1. The van der Waals surface area contributed by atoms with Gasteiger partial charge in [-0.15, -0.1) is 0 Å². The van der Waals surface area contributed by atoms with Crippen molar-refractivity contribution in [3.05, 3.63) is 41.3 Å². The Labute approximate surface area is 147 Å². The summed E-state index contributed by atoms with van der Waals surface area (Å²) in [6, 6.07) is 6.97. The Morgan fingerprint density at radius 1 is 1.24 bits per heavy atom. The Bertz CT molecular complexity index is 733. The van der Waals surface area contributed by atoms with E-state index in [1.54, 1.807) is 27.8 Å². The second kappa shape index (κ2) is 7.83. The van der Waals surface area contributed by atoms with E-state index in [9.17, 15) is 9.59 Å². The molecule has 1 heterocycles. The lowest BCUT2D eigenvalue weighted by Gasteiger charge is -2.21. The minimum absolute atomic E-state index is 0.0322. The topological polar surface area (TPSA) is 87.5 Å². The smallest absolute Gasteiger partial charge is 0.322 e. The van der Waals surface area contributed by atoms with Crippen LogP contribution in [0.2, 0.25) is 0 Å². The van der Waals surface area contributed by atoms with Crippen molar-refractivity contribution in [3.8, 4) is 0 Å². The molecule has 0 spiro atoms. The predicted molar refractivity (Wildman–Crippen MR) is 96.7 cm³/mol. The van der Waals surface area contributed by atoms with Crippen LogP contribution >= 0.6 is 0 Å². The van der Waals surface area contributed by atoms with Gasteiger partial charge in [0.2, 0.25) is 5.91 Å². The first-order chi connectivity index (χ1) is 11.8. The molecule has 1 aromatic heterocycles. The van der Waals surface area contributed by atoms with Gasteiger partial charge in [-0.3, -0.25) is 9.69 Å². The van der Waals surface area contributed by atoms with Crippen molar-refractivity contribution >= 4 is 23.3 Å². The monoisotopic (exact) mass is 344 g/mol. The highest BCUT2D eigenvalue weighted by atomic mass is 16.5. The summed E-state index contributed by atoms with van der Waals surface area (Å²) in [5.41, 5.74) is 3.01. The lowest BCUT2D eigenvalue weighted by molar-refractivity contribution is -0.115. The summed E-state index contributed by atoms with van der Waals surface area (Å²) in [4.78, 5) is 25.4. The Balaban J connectivity index is 2.02. The minimum atomic E-state index is -0.245. The summed E-state index contributed by atoms with van der Waals surface area (Å²) in [7, 11) is 1.68. The zero-order chi connectivity index (χ0) is 18.6. The molecule has 0 fully saturated rings. The predicted octanol–water partition coefficient (Wildman–Crippen LogP) is 3.55. The molecule has 1 aromatic carbocycles. The molecular weight excluding hydrogens is 320 g/mol. The number of hydrogen-bond acceptors (Lipinski definition) is 4. The molecule has 1 unspecified atom stereocenters. The third kappa shape index (κ3) is 4.37. The van der Waals surface area contributed by atoms with Crippen LogP contribution in [0.1, 0.15) is 43.3 Å². The van der Waals surface area contributed by atoms with Crippen LogP contribution in [0.25, 0.3) is 0 Å². The van der Waals surface area contributed by atoms with Crippen LogP contribution in [0.3, 0.4) is 0 Å². The summed E-state index contributed by atoms with van der Waals surface area (Å²) in [5.74, 6) is 0.564. The van der Waals surface area contributed by atoms with Crippen LogP contribution in [-0.2, 0) is 4.79 Å². The molecule has 7 nitrogen and oxygen atoms in total. The highest BCUT2D eigenvalue weighted by Crippen LogP contribution is 2.23. The Hall–Kier alpha value is -2.83. The fourth-order valence-electron chi connectivity index (χ4n) is 2.53. The van der Waals surface area contributed by atoms with Gasteiger partial charge in [-0.05, 0) is 38.5 Å². The number of nitrogens with zero attached hydrogens (tertiary/aromatic N) is 2. The van der Waals surface area contributed by atoms with Gasteiger partial charge in [0.05, 0.1) is 6.04 Å². The summed E-state index contributed by atoms with van der Waals surface area (Å²) in [5, 5.41) is 9.60. The maximum absolute atomic E-state index is 12.5. The van der Waals surface area contributed by atoms with E-state index in [2.05, 4.69) is 15.8 Å². The van der Waals surface area contributed by atoms with Gasteiger partial charge < -0.3 is 15.2 Å².